The minimum Gasteiger partial charge on any atom is -0.469 e. The predicted molar refractivity (Wildman–Crippen MR) is 130 cm³/mol. The van der Waals surface area contributed by atoms with Gasteiger partial charge in [-0.15, -0.1) is 0 Å². The number of carbonyl (C=O) groups excluding carboxylic acids is 1. The van der Waals surface area contributed by atoms with Crippen molar-refractivity contribution in [3.8, 4) is 11.1 Å². The van der Waals surface area contributed by atoms with Crippen LogP contribution in [-0.2, 0) is 16.0 Å². The molecule has 1 aliphatic carbocycles. The number of hydrogen-bond acceptors (Lipinski definition) is 4. The topological polar surface area (TPSA) is 41.6 Å². The van der Waals surface area contributed by atoms with Crippen LogP contribution in [0.3, 0.4) is 0 Å². The molecule has 1 N–H and O–H groups in total. The number of ether oxygens (including phenoxy) is 1. The van der Waals surface area contributed by atoms with E-state index in [9.17, 15) is 4.79 Å². The summed E-state index contributed by atoms with van der Waals surface area (Å²) < 4.78 is 4.86. The highest BCUT2D eigenvalue weighted by Gasteiger charge is 2.25. The van der Waals surface area contributed by atoms with Gasteiger partial charge in [0.2, 0.25) is 0 Å². The van der Waals surface area contributed by atoms with Crippen LogP contribution >= 0.6 is 0 Å². The van der Waals surface area contributed by atoms with Crippen molar-refractivity contribution in [2.45, 2.75) is 44.6 Å². The Morgan fingerprint density at radius 1 is 1.06 bits per heavy atom. The normalized spacial score (nSPS) is 14.0. The van der Waals surface area contributed by atoms with E-state index in [0.29, 0.717) is 18.9 Å². The maximum Gasteiger partial charge on any atom is 0.305 e. The van der Waals surface area contributed by atoms with Gasteiger partial charge in [0, 0.05) is 32.1 Å². The standard InChI is InChI=1S/C27H32N2O2/c1-28-25-17-19(12-15-26(30)31-3)16-24(27(25)29(2)23-10-6-7-11-23)22-14-13-20-8-4-5-9-21(20)18-22/h4-5,8-9,13-14,16-18,23,28H,6-7,10-12,15H2,1-3H3. The summed E-state index contributed by atoms with van der Waals surface area (Å²) in [5, 5.41) is 5.91. The molecule has 4 nitrogen and oxygen atoms in total. The predicted octanol–water partition coefficient (Wildman–Crippen LogP) is 6.03. The van der Waals surface area contributed by atoms with Crippen LogP contribution in [0.25, 0.3) is 21.9 Å². The number of anilines is 2. The molecule has 0 spiro atoms. The number of nitrogens with zero attached hydrogens (tertiary/aromatic N) is 1. The van der Waals surface area contributed by atoms with Gasteiger partial charge in [0.15, 0.2) is 0 Å². The highest BCUT2D eigenvalue weighted by atomic mass is 16.5. The Bertz CT molecular complexity index is 1070. The second-order valence-electron chi connectivity index (χ2n) is 8.48. The molecule has 0 amide bonds. The Kier molecular flexibility index (Phi) is 6.45. The van der Waals surface area contributed by atoms with Crippen molar-refractivity contribution in [2.24, 2.45) is 0 Å². The van der Waals surface area contributed by atoms with Crippen molar-refractivity contribution in [3.63, 3.8) is 0 Å². The van der Waals surface area contributed by atoms with Crippen LogP contribution in [-0.4, -0.2) is 33.2 Å². The zero-order valence-electron chi connectivity index (χ0n) is 18.8. The van der Waals surface area contributed by atoms with Gasteiger partial charge in [0.05, 0.1) is 18.5 Å². The first-order valence-corrected chi connectivity index (χ1v) is 11.2. The summed E-state index contributed by atoms with van der Waals surface area (Å²) in [7, 11) is 5.65. The van der Waals surface area contributed by atoms with Gasteiger partial charge in [0.25, 0.3) is 0 Å². The van der Waals surface area contributed by atoms with E-state index in [1.54, 1.807) is 0 Å². The zero-order chi connectivity index (χ0) is 21.8. The Hall–Kier alpha value is -3.01. The van der Waals surface area contributed by atoms with E-state index in [1.807, 2.05) is 7.05 Å². The SMILES string of the molecule is CNc1cc(CCC(=O)OC)cc(-c2ccc3ccccc3c2)c1N(C)C1CCCC1. The molecule has 4 rings (SSSR count). The van der Waals surface area contributed by atoms with Crippen LogP contribution in [0.2, 0.25) is 0 Å². The van der Waals surface area contributed by atoms with Gasteiger partial charge in [-0.1, -0.05) is 49.2 Å². The molecule has 0 radical (unpaired) electrons. The third kappa shape index (κ3) is 4.53. The van der Waals surface area contributed by atoms with Crippen molar-refractivity contribution >= 4 is 28.1 Å². The van der Waals surface area contributed by atoms with E-state index < -0.39 is 0 Å². The molecule has 0 unspecified atom stereocenters. The summed E-state index contributed by atoms with van der Waals surface area (Å²) >= 11 is 0. The molecule has 0 heterocycles. The van der Waals surface area contributed by atoms with E-state index in [2.05, 4.69) is 71.9 Å². The van der Waals surface area contributed by atoms with Crippen LogP contribution in [0.15, 0.2) is 54.6 Å². The minimum atomic E-state index is -0.176. The third-order valence-corrected chi connectivity index (χ3v) is 6.57. The number of carbonyl (C=O) groups is 1. The Balaban J connectivity index is 1.83. The van der Waals surface area contributed by atoms with E-state index in [1.165, 1.54) is 60.4 Å². The fourth-order valence-electron chi connectivity index (χ4n) is 4.81. The lowest BCUT2D eigenvalue weighted by molar-refractivity contribution is -0.140. The Morgan fingerprint density at radius 2 is 1.81 bits per heavy atom. The van der Waals surface area contributed by atoms with E-state index in [-0.39, 0.29) is 5.97 Å². The number of aryl methyl sites for hydroxylation is 1. The van der Waals surface area contributed by atoms with Crippen LogP contribution in [0.4, 0.5) is 11.4 Å². The number of esters is 1. The van der Waals surface area contributed by atoms with E-state index in [4.69, 9.17) is 4.74 Å². The third-order valence-electron chi connectivity index (χ3n) is 6.57. The molecule has 0 aromatic heterocycles. The van der Waals surface area contributed by atoms with Gasteiger partial charge in [-0.3, -0.25) is 4.79 Å². The van der Waals surface area contributed by atoms with Crippen LogP contribution in [0.1, 0.15) is 37.7 Å². The highest BCUT2D eigenvalue weighted by molar-refractivity contribution is 5.94. The Morgan fingerprint density at radius 3 is 2.52 bits per heavy atom. The lowest BCUT2D eigenvalue weighted by Crippen LogP contribution is -2.30. The molecule has 0 bridgehead atoms. The molecule has 1 saturated carbocycles. The summed E-state index contributed by atoms with van der Waals surface area (Å²) in [6.07, 6.45) is 6.12. The first kappa shape index (κ1) is 21.2. The molecule has 3 aromatic carbocycles. The summed E-state index contributed by atoms with van der Waals surface area (Å²) in [5.41, 5.74) is 5.91. The smallest absolute Gasteiger partial charge is 0.305 e. The van der Waals surface area contributed by atoms with E-state index >= 15 is 0 Å². The van der Waals surface area contributed by atoms with Gasteiger partial charge in [-0.05, 0) is 59.4 Å². The average molecular weight is 417 g/mol. The van der Waals surface area contributed by atoms with E-state index in [0.717, 1.165) is 11.3 Å². The summed E-state index contributed by atoms with van der Waals surface area (Å²) in [6, 6.07) is 20.2. The number of hydrogen-bond donors (Lipinski definition) is 1. The lowest BCUT2D eigenvalue weighted by Gasteiger charge is -2.31. The number of fused-ring (bicyclic) bond motifs is 1. The van der Waals surface area contributed by atoms with Gasteiger partial charge in [0.1, 0.15) is 0 Å². The van der Waals surface area contributed by atoms with Crippen LogP contribution in [0.5, 0.6) is 0 Å². The van der Waals surface area contributed by atoms with Crippen LogP contribution in [0, 0.1) is 0 Å². The maximum atomic E-state index is 11.7. The fourth-order valence-corrected chi connectivity index (χ4v) is 4.81. The second-order valence-corrected chi connectivity index (χ2v) is 8.48. The largest absolute Gasteiger partial charge is 0.469 e. The summed E-state index contributed by atoms with van der Waals surface area (Å²) in [5.74, 6) is -0.176. The second kappa shape index (κ2) is 9.42. The van der Waals surface area contributed by atoms with Gasteiger partial charge in [-0.2, -0.15) is 0 Å². The molecule has 4 heteroatoms. The fraction of sp³-hybridized carbons (Fsp3) is 0.370. The molecule has 1 aliphatic rings. The first-order valence-electron chi connectivity index (χ1n) is 11.2. The monoisotopic (exact) mass is 416 g/mol. The molecule has 0 saturated heterocycles. The van der Waals surface area contributed by atoms with Crippen molar-refractivity contribution < 1.29 is 9.53 Å². The number of nitrogens with one attached hydrogen (secondary N) is 1. The molecular weight excluding hydrogens is 384 g/mol. The van der Waals surface area contributed by atoms with Crippen LogP contribution < -0.4 is 10.2 Å². The summed E-state index contributed by atoms with van der Waals surface area (Å²) in [6.45, 7) is 0. The number of rotatable bonds is 7. The number of methoxy groups -OCH3 is 1. The van der Waals surface area contributed by atoms with Crippen molar-refractivity contribution in [3.05, 3.63) is 60.2 Å². The van der Waals surface area contributed by atoms with Gasteiger partial charge < -0.3 is 15.0 Å². The Labute approximate surface area is 185 Å². The molecule has 3 aromatic rings. The lowest BCUT2D eigenvalue weighted by atomic mass is 9.94. The van der Waals surface area contributed by atoms with Gasteiger partial charge in [-0.25, -0.2) is 0 Å². The molecule has 1 fully saturated rings. The quantitative estimate of drug-likeness (QED) is 0.477. The number of benzene rings is 3. The molecule has 162 valence electrons. The molecular formula is C27H32N2O2. The minimum absolute atomic E-state index is 0.176. The average Bonchev–Trinajstić information content (AvgIpc) is 3.36. The molecule has 0 aliphatic heterocycles. The first-order chi connectivity index (χ1) is 15.1. The van der Waals surface area contributed by atoms with Crippen molar-refractivity contribution in [1.29, 1.82) is 0 Å². The molecule has 31 heavy (non-hydrogen) atoms. The van der Waals surface area contributed by atoms with Crippen molar-refractivity contribution in [2.75, 3.05) is 31.4 Å². The molecule has 0 atom stereocenters. The zero-order valence-corrected chi connectivity index (χ0v) is 18.8. The van der Waals surface area contributed by atoms with Crippen molar-refractivity contribution in [1.82, 2.24) is 0 Å². The highest BCUT2D eigenvalue weighted by Crippen LogP contribution is 2.42. The van der Waals surface area contributed by atoms with Gasteiger partial charge >= 0.3 is 5.97 Å². The maximum absolute atomic E-state index is 11.7. The summed E-state index contributed by atoms with van der Waals surface area (Å²) in [4.78, 5) is 14.2.